The minimum Gasteiger partial charge on any atom is -0.494 e. The summed E-state index contributed by atoms with van der Waals surface area (Å²) in [7, 11) is 1.20. The number of halogens is 8. The lowest BCUT2D eigenvalue weighted by atomic mass is 9.92. The number of fused-ring (bicyclic) bond motifs is 1. The number of nitrogens with zero attached hydrogens (tertiary/aromatic N) is 1. The molecule has 0 spiro atoms. The molecule has 5 nitrogen and oxygen atoms in total. The maximum atomic E-state index is 15.5. The summed E-state index contributed by atoms with van der Waals surface area (Å²) >= 11 is 0.966. The fourth-order valence-electron chi connectivity index (χ4n) is 5.28. The number of pyridine rings is 1. The SMILES string of the molecule is COc1cccc(-c2c(C)c(Cc3c(F)cccc3C(F)(F)F)c3n(c2=O)C(C(=O)c2ccc(OC(F)(F)F)cc2)CS3)c1F. The third-order valence-electron chi connectivity index (χ3n) is 7.33. The summed E-state index contributed by atoms with van der Waals surface area (Å²) in [4.78, 5) is 27.7. The molecule has 0 saturated heterocycles. The van der Waals surface area contributed by atoms with E-state index < -0.39 is 64.9 Å². The van der Waals surface area contributed by atoms with E-state index in [2.05, 4.69) is 4.74 Å². The monoisotopic (exact) mass is 655 g/mol. The van der Waals surface area contributed by atoms with Crippen LogP contribution in [0.3, 0.4) is 0 Å². The minimum atomic E-state index is -4.97. The Morgan fingerprint density at radius 1 is 0.956 bits per heavy atom. The molecule has 0 aliphatic carbocycles. The van der Waals surface area contributed by atoms with Crippen molar-refractivity contribution in [1.82, 2.24) is 4.57 Å². The molecule has 0 N–H and O–H groups in total. The molecule has 45 heavy (non-hydrogen) atoms. The van der Waals surface area contributed by atoms with Gasteiger partial charge in [0.2, 0.25) is 0 Å². The van der Waals surface area contributed by atoms with Crippen LogP contribution < -0.4 is 15.0 Å². The number of hydrogen-bond donors (Lipinski definition) is 0. The summed E-state index contributed by atoms with van der Waals surface area (Å²) in [5.74, 6) is -3.70. The second-order valence-electron chi connectivity index (χ2n) is 9.98. The van der Waals surface area contributed by atoms with Crippen LogP contribution >= 0.6 is 11.8 Å². The van der Waals surface area contributed by atoms with E-state index >= 15 is 4.39 Å². The third kappa shape index (κ3) is 6.15. The summed E-state index contributed by atoms with van der Waals surface area (Å²) in [5.41, 5.74) is -3.26. The topological polar surface area (TPSA) is 57.5 Å². The summed E-state index contributed by atoms with van der Waals surface area (Å²) in [5, 5.41) is 0.0799. The van der Waals surface area contributed by atoms with E-state index in [9.17, 15) is 40.3 Å². The number of alkyl halides is 6. The molecule has 0 amide bonds. The number of ketones is 1. The normalized spacial score (nSPS) is 14.8. The number of methoxy groups -OCH3 is 1. The lowest BCUT2D eigenvalue weighted by molar-refractivity contribution is -0.274. The first-order valence-corrected chi connectivity index (χ1v) is 14.1. The lowest BCUT2D eigenvalue weighted by Gasteiger charge is -2.22. The molecule has 1 unspecified atom stereocenters. The minimum absolute atomic E-state index is 0.0663. The molecule has 0 saturated carbocycles. The van der Waals surface area contributed by atoms with Gasteiger partial charge >= 0.3 is 12.5 Å². The Morgan fingerprint density at radius 3 is 2.24 bits per heavy atom. The van der Waals surface area contributed by atoms with Crippen molar-refractivity contribution in [3.8, 4) is 22.6 Å². The molecule has 3 aromatic carbocycles. The number of carbonyl (C=O) groups excluding carboxylic acids is 1. The number of carbonyl (C=O) groups is 1. The van der Waals surface area contributed by atoms with Crippen molar-refractivity contribution < 1.29 is 49.4 Å². The van der Waals surface area contributed by atoms with E-state index in [1.807, 2.05) is 0 Å². The predicted octanol–water partition coefficient (Wildman–Crippen LogP) is 8.15. The van der Waals surface area contributed by atoms with E-state index in [0.29, 0.717) is 0 Å². The molecule has 0 fully saturated rings. The molecular weight excluding hydrogens is 634 g/mol. The largest absolute Gasteiger partial charge is 0.573 e. The van der Waals surface area contributed by atoms with Gasteiger partial charge in [0.15, 0.2) is 17.3 Å². The van der Waals surface area contributed by atoms with Gasteiger partial charge in [0, 0.05) is 28.9 Å². The highest BCUT2D eigenvalue weighted by Crippen LogP contribution is 2.43. The highest BCUT2D eigenvalue weighted by atomic mass is 32.2. The molecule has 5 rings (SSSR count). The zero-order valence-corrected chi connectivity index (χ0v) is 24.1. The number of benzene rings is 3. The van der Waals surface area contributed by atoms with Crippen LogP contribution in [0.2, 0.25) is 0 Å². The molecule has 0 radical (unpaired) electrons. The molecule has 4 aromatic rings. The Hall–Kier alpha value is -4.33. The van der Waals surface area contributed by atoms with Gasteiger partial charge in [-0.1, -0.05) is 18.2 Å². The quantitative estimate of drug-likeness (QED) is 0.149. The number of hydrogen-bond acceptors (Lipinski definition) is 5. The van der Waals surface area contributed by atoms with E-state index in [4.69, 9.17) is 4.74 Å². The van der Waals surface area contributed by atoms with Crippen molar-refractivity contribution in [2.75, 3.05) is 12.9 Å². The number of thioether (sulfide) groups is 1. The smallest absolute Gasteiger partial charge is 0.494 e. The number of Topliss-reactive ketones (excluding diaryl/α,β-unsaturated/α-hetero) is 1. The molecule has 1 atom stereocenters. The fourth-order valence-corrected chi connectivity index (χ4v) is 6.64. The van der Waals surface area contributed by atoms with E-state index in [-0.39, 0.29) is 44.3 Å². The van der Waals surface area contributed by atoms with Crippen LogP contribution in [0.15, 0.2) is 70.5 Å². The molecule has 0 bridgehead atoms. The van der Waals surface area contributed by atoms with Crippen LogP contribution in [0.5, 0.6) is 11.5 Å². The Kier molecular flexibility index (Phi) is 8.47. The predicted molar refractivity (Wildman–Crippen MR) is 149 cm³/mol. The third-order valence-corrected chi connectivity index (χ3v) is 8.53. The van der Waals surface area contributed by atoms with Crippen LogP contribution in [0.1, 0.15) is 38.7 Å². The van der Waals surface area contributed by atoms with Gasteiger partial charge in [-0.05, 0) is 60.5 Å². The van der Waals surface area contributed by atoms with Gasteiger partial charge in [-0.15, -0.1) is 24.9 Å². The maximum Gasteiger partial charge on any atom is 0.573 e. The Labute approximate surface area is 254 Å². The van der Waals surface area contributed by atoms with Crippen molar-refractivity contribution in [3.05, 3.63) is 110 Å². The summed E-state index contributed by atoms with van der Waals surface area (Å²) in [6, 6.07) is 9.16. The van der Waals surface area contributed by atoms with Gasteiger partial charge in [-0.3, -0.25) is 14.2 Å². The second-order valence-corrected chi connectivity index (χ2v) is 11.0. The van der Waals surface area contributed by atoms with Gasteiger partial charge in [-0.25, -0.2) is 8.78 Å². The van der Waals surface area contributed by atoms with Crippen LogP contribution in [-0.2, 0) is 12.6 Å². The first-order chi connectivity index (χ1) is 21.1. The van der Waals surface area contributed by atoms with Crippen molar-refractivity contribution in [3.63, 3.8) is 0 Å². The highest BCUT2D eigenvalue weighted by Gasteiger charge is 2.38. The first-order valence-electron chi connectivity index (χ1n) is 13.1. The zero-order chi connectivity index (χ0) is 32.8. The zero-order valence-electron chi connectivity index (χ0n) is 23.3. The second kappa shape index (κ2) is 11.9. The molecule has 1 aliphatic heterocycles. The summed E-state index contributed by atoms with van der Waals surface area (Å²) < 4.78 is 120. The van der Waals surface area contributed by atoms with E-state index in [0.717, 1.165) is 58.8 Å². The van der Waals surface area contributed by atoms with Gasteiger partial charge in [0.25, 0.3) is 5.56 Å². The van der Waals surface area contributed by atoms with Crippen LogP contribution in [-0.4, -0.2) is 29.6 Å². The van der Waals surface area contributed by atoms with E-state index in [1.54, 1.807) is 0 Å². The Morgan fingerprint density at radius 2 is 1.62 bits per heavy atom. The van der Waals surface area contributed by atoms with Gasteiger partial charge in [-0.2, -0.15) is 13.2 Å². The van der Waals surface area contributed by atoms with Gasteiger partial charge in [0.05, 0.1) is 23.3 Å². The van der Waals surface area contributed by atoms with E-state index in [1.165, 1.54) is 32.2 Å². The molecule has 1 aliphatic rings. The standard InChI is InChI=1S/C31H21F8NO4S/c1-15-19(13-20-21(30(34,35)36)6-4-7-22(20)32)29-40(28(42)25(15)18-5-3-8-24(43-2)26(18)33)23(14-45-29)27(41)16-9-11-17(12-10-16)44-31(37,38)39/h3-12,23H,13-14H2,1-2H3. The highest BCUT2D eigenvalue weighted by molar-refractivity contribution is 7.99. The average Bonchev–Trinajstić information content (AvgIpc) is 3.41. The fraction of sp³-hybridized carbons (Fsp3) is 0.226. The number of ether oxygens (including phenoxy) is 2. The molecular formula is C31H21F8NO4S. The van der Waals surface area contributed by atoms with Crippen LogP contribution in [0.25, 0.3) is 11.1 Å². The maximum absolute atomic E-state index is 15.5. The lowest BCUT2D eigenvalue weighted by Crippen LogP contribution is -2.31. The molecule has 236 valence electrons. The molecule has 1 aromatic heterocycles. The van der Waals surface area contributed by atoms with Crippen LogP contribution in [0.4, 0.5) is 35.1 Å². The Bertz CT molecular complexity index is 1850. The van der Waals surface area contributed by atoms with Gasteiger partial charge in [0.1, 0.15) is 17.6 Å². The number of aromatic nitrogens is 1. The van der Waals surface area contributed by atoms with Crippen molar-refractivity contribution >= 4 is 17.5 Å². The van der Waals surface area contributed by atoms with Crippen molar-refractivity contribution in [2.24, 2.45) is 0 Å². The van der Waals surface area contributed by atoms with Crippen molar-refractivity contribution in [1.29, 1.82) is 0 Å². The summed E-state index contributed by atoms with van der Waals surface area (Å²) in [6.07, 6.45) is -10.5. The van der Waals surface area contributed by atoms with Crippen molar-refractivity contribution in [2.45, 2.75) is 37.0 Å². The Balaban J connectivity index is 1.71. The molecule has 2 heterocycles. The first kappa shape index (κ1) is 32.1. The van der Waals surface area contributed by atoms with Gasteiger partial charge < -0.3 is 9.47 Å². The number of rotatable bonds is 7. The average molecular weight is 656 g/mol. The molecule has 14 heteroatoms. The van der Waals surface area contributed by atoms with Crippen LogP contribution in [0, 0.1) is 18.6 Å². The summed E-state index contributed by atoms with van der Waals surface area (Å²) in [6.45, 7) is 1.40.